The molecule has 1 fully saturated rings. The van der Waals surface area contributed by atoms with E-state index in [2.05, 4.69) is 31.7 Å². The largest absolute Gasteiger partial charge is 0.497 e. The summed E-state index contributed by atoms with van der Waals surface area (Å²) in [5.74, 6) is -1.78. The fourth-order valence-electron chi connectivity index (χ4n) is 5.97. The van der Waals surface area contributed by atoms with Crippen LogP contribution in [0, 0.1) is 5.53 Å². The molecule has 1 atom stereocenters. The molecule has 6 N–H and O–H groups in total. The van der Waals surface area contributed by atoms with Gasteiger partial charge in [0.25, 0.3) is 17.7 Å². The molecule has 52 heavy (non-hydrogen) atoms. The van der Waals surface area contributed by atoms with Gasteiger partial charge in [-0.25, -0.2) is 5.53 Å². The summed E-state index contributed by atoms with van der Waals surface area (Å²) in [6, 6.07) is 14.6. The van der Waals surface area contributed by atoms with Crippen molar-refractivity contribution in [2.75, 3.05) is 48.6 Å². The molecule has 15 heteroatoms. The van der Waals surface area contributed by atoms with Crippen LogP contribution in [0.2, 0.25) is 0 Å². The highest BCUT2D eigenvalue weighted by Crippen LogP contribution is 2.34. The van der Waals surface area contributed by atoms with Crippen LogP contribution < -0.4 is 36.1 Å². The topological polar surface area (TPSA) is 203 Å². The number of amides is 5. The molecule has 5 rings (SSSR count). The molecule has 15 nitrogen and oxygen atoms in total. The SMILES string of the molecule is COc1ccc(OC)c(N/C(C)=C(\N=N)C(=O)Nc2cc(NCCNc3cccc4c3C(=O)N(C3CCC(=O)NC3=O)C4=O)cc(C(C)(C)C)c2)c1. The Morgan fingerprint density at radius 3 is 2.33 bits per heavy atom. The van der Waals surface area contributed by atoms with Crippen LogP contribution in [-0.2, 0) is 19.8 Å². The Hall–Kier alpha value is -6.25. The minimum atomic E-state index is -1.05. The molecule has 0 aliphatic carbocycles. The number of anilines is 4. The summed E-state index contributed by atoms with van der Waals surface area (Å²) >= 11 is 0. The third-order valence-electron chi connectivity index (χ3n) is 8.71. The van der Waals surface area contributed by atoms with Crippen molar-refractivity contribution in [3.05, 3.63) is 82.7 Å². The molecule has 0 saturated carbocycles. The molecular formula is C37H42N8O7. The average molecular weight is 711 g/mol. The molecule has 2 aliphatic rings. The maximum absolute atomic E-state index is 13.4. The lowest BCUT2D eigenvalue weighted by Crippen LogP contribution is -2.54. The Balaban J connectivity index is 1.28. The van der Waals surface area contributed by atoms with E-state index in [1.807, 2.05) is 32.9 Å². The minimum Gasteiger partial charge on any atom is -0.497 e. The number of ether oxygens (including phenoxy) is 2. The van der Waals surface area contributed by atoms with E-state index < -0.39 is 35.6 Å². The lowest BCUT2D eigenvalue weighted by Gasteiger charge is -2.27. The predicted octanol–water partition coefficient (Wildman–Crippen LogP) is 5.24. The highest BCUT2D eigenvalue weighted by Gasteiger charge is 2.45. The molecule has 0 bridgehead atoms. The Morgan fingerprint density at radius 1 is 0.923 bits per heavy atom. The van der Waals surface area contributed by atoms with Crippen molar-refractivity contribution in [2.45, 2.75) is 52.0 Å². The lowest BCUT2D eigenvalue weighted by molar-refractivity contribution is -0.136. The average Bonchev–Trinajstić information content (AvgIpc) is 3.35. The van der Waals surface area contributed by atoms with Gasteiger partial charge in [-0.2, -0.15) is 5.11 Å². The summed E-state index contributed by atoms with van der Waals surface area (Å²) in [6.07, 6.45) is 0.111. The summed E-state index contributed by atoms with van der Waals surface area (Å²) in [7, 11) is 3.06. The van der Waals surface area contributed by atoms with Crippen molar-refractivity contribution in [2.24, 2.45) is 5.11 Å². The van der Waals surface area contributed by atoms with Crippen LogP contribution in [0.1, 0.15) is 66.8 Å². The number of rotatable bonds is 13. The second-order valence-corrected chi connectivity index (χ2v) is 13.3. The van der Waals surface area contributed by atoms with Crippen molar-refractivity contribution in [3.8, 4) is 11.5 Å². The van der Waals surface area contributed by atoms with Crippen LogP contribution >= 0.6 is 0 Å². The fraction of sp³-hybridized carbons (Fsp3) is 0.324. The van der Waals surface area contributed by atoms with Gasteiger partial charge in [-0.05, 0) is 66.8 Å². The number of carbonyl (C=O) groups is 5. The van der Waals surface area contributed by atoms with Gasteiger partial charge in [0.1, 0.15) is 17.5 Å². The molecule has 0 aromatic heterocycles. The molecule has 2 aliphatic heterocycles. The first-order valence-electron chi connectivity index (χ1n) is 16.6. The number of nitrogens with one attached hydrogen (secondary N) is 6. The molecular weight excluding hydrogens is 668 g/mol. The first-order chi connectivity index (χ1) is 24.7. The zero-order valence-corrected chi connectivity index (χ0v) is 29.9. The Bertz CT molecular complexity index is 1980. The monoisotopic (exact) mass is 710 g/mol. The van der Waals surface area contributed by atoms with Gasteiger partial charge >= 0.3 is 0 Å². The molecule has 2 heterocycles. The van der Waals surface area contributed by atoms with Crippen LogP contribution in [0.3, 0.4) is 0 Å². The number of allylic oxidation sites excluding steroid dienone is 1. The van der Waals surface area contributed by atoms with E-state index in [0.717, 1.165) is 10.5 Å². The highest BCUT2D eigenvalue weighted by atomic mass is 16.5. The molecule has 0 radical (unpaired) electrons. The van der Waals surface area contributed by atoms with E-state index in [1.54, 1.807) is 49.4 Å². The molecule has 3 aromatic rings. The molecule has 1 unspecified atom stereocenters. The van der Waals surface area contributed by atoms with Crippen LogP contribution in [0.4, 0.5) is 22.7 Å². The molecule has 0 spiro atoms. The quantitative estimate of drug-likeness (QED) is 0.0589. The second kappa shape index (κ2) is 15.3. The Kier molecular flexibility index (Phi) is 10.9. The van der Waals surface area contributed by atoms with Crippen LogP contribution in [-0.4, -0.2) is 67.8 Å². The van der Waals surface area contributed by atoms with E-state index in [4.69, 9.17) is 15.0 Å². The smallest absolute Gasteiger partial charge is 0.277 e. The van der Waals surface area contributed by atoms with E-state index in [-0.39, 0.29) is 35.1 Å². The van der Waals surface area contributed by atoms with Gasteiger partial charge in [0.05, 0.1) is 31.0 Å². The van der Waals surface area contributed by atoms with E-state index in [0.29, 0.717) is 53.0 Å². The molecule has 1 saturated heterocycles. The minimum absolute atomic E-state index is 0.0383. The zero-order valence-electron chi connectivity index (χ0n) is 29.9. The van der Waals surface area contributed by atoms with Crippen LogP contribution in [0.5, 0.6) is 11.5 Å². The zero-order chi connectivity index (χ0) is 37.7. The number of piperidine rings is 1. The normalized spacial score (nSPS) is 16.0. The number of carbonyl (C=O) groups excluding carboxylic acids is 5. The van der Waals surface area contributed by atoms with Gasteiger partial charge in [0, 0.05) is 48.3 Å². The van der Waals surface area contributed by atoms with Crippen molar-refractivity contribution in [3.63, 3.8) is 0 Å². The Morgan fingerprint density at radius 2 is 1.65 bits per heavy atom. The number of hydrogen-bond acceptors (Lipinski definition) is 12. The van der Waals surface area contributed by atoms with E-state index in [9.17, 15) is 24.0 Å². The molecule has 5 amide bonds. The van der Waals surface area contributed by atoms with Crippen molar-refractivity contribution >= 4 is 52.3 Å². The maximum Gasteiger partial charge on any atom is 0.277 e. The van der Waals surface area contributed by atoms with Gasteiger partial charge in [-0.15, -0.1) is 0 Å². The number of imide groups is 2. The van der Waals surface area contributed by atoms with Crippen LogP contribution in [0.15, 0.2) is 71.1 Å². The van der Waals surface area contributed by atoms with Crippen molar-refractivity contribution in [1.29, 1.82) is 5.53 Å². The van der Waals surface area contributed by atoms with Gasteiger partial charge in [0.15, 0.2) is 5.70 Å². The third-order valence-corrected chi connectivity index (χ3v) is 8.71. The first kappa shape index (κ1) is 37.0. The van der Waals surface area contributed by atoms with Gasteiger partial charge in [-0.3, -0.25) is 34.2 Å². The number of methoxy groups -OCH3 is 2. The van der Waals surface area contributed by atoms with E-state index >= 15 is 0 Å². The summed E-state index contributed by atoms with van der Waals surface area (Å²) in [5, 5.41) is 18.3. The number of hydrogen-bond donors (Lipinski definition) is 6. The van der Waals surface area contributed by atoms with Crippen molar-refractivity contribution in [1.82, 2.24) is 10.2 Å². The third kappa shape index (κ3) is 7.88. The molecule has 272 valence electrons. The maximum atomic E-state index is 13.4. The van der Waals surface area contributed by atoms with Crippen LogP contribution in [0.25, 0.3) is 0 Å². The van der Waals surface area contributed by atoms with E-state index in [1.165, 1.54) is 14.2 Å². The standard InChI is InChI=1S/C37H42N8O7/c1-20(41-27-19-24(51-5)10-12-29(27)52-6)32(44-38)34(48)42-23-17-21(37(2,3)4)16-22(18-23)39-14-15-40-26-9-7-8-25-31(26)36(50)45(35(25)49)28-11-13-30(46)43-33(28)47/h7-10,12,16-19,28,38-41H,11,13-15H2,1-6H3,(H,42,48)(H,43,46,47)/b32-20-,44-38?. The summed E-state index contributed by atoms with van der Waals surface area (Å²) in [6.45, 7) is 8.52. The Labute approximate surface area is 301 Å². The van der Waals surface area contributed by atoms with Gasteiger partial charge in [0.2, 0.25) is 11.8 Å². The van der Waals surface area contributed by atoms with Gasteiger partial charge in [-0.1, -0.05) is 26.8 Å². The number of benzene rings is 3. The summed E-state index contributed by atoms with van der Waals surface area (Å²) in [5.41, 5.74) is 11.1. The molecule has 3 aromatic carbocycles. The number of fused-ring (bicyclic) bond motifs is 1. The second-order valence-electron chi connectivity index (χ2n) is 13.3. The number of nitrogens with zero attached hydrogens (tertiary/aromatic N) is 2. The first-order valence-corrected chi connectivity index (χ1v) is 16.6. The van der Waals surface area contributed by atoms with Gasteiger partial charge < -0.3 is 30.7 Å². The summed E-state index contributed by atoms with van der Waals surface area (Å²) in [4.78, 5) is 65.1. The highest BCUT2D eigenvalue weighted by molar-refractivity contribution is 6.25. The van der Waals surface area contributed by atoms with Crippen molar-refractivity contribution < 1.29 is 33.4 Å². The lowest BCUT2D eigenvalue weighted by atomic mass is 9.86. The predicted molar refractivity (Wildman–Crippen MR) is 195 cm³/mol. The fourth-order valence-corrected chi connectivity index (χ4v) is 5.97. The summed E-state index contributed by atoms with van der Waals surface area (Å²) < 4.78 is 10.7.